The van der Waals surface area contributed by atoms with Gasteiger partial charge in [-0.15, -0.1) is 0 Å². The number of nitrogens with zero attached hydrogens (tertiary/aromatic N) is 2. The summed E-state index contributed by atoms with van der Waals surface area (Å²) < 4.78 is 0. The van der Waals surface area contributed by atoms with Crippen LogP contribution in [-0.4, -0.2) is 36.4 Å². The van der Waals surface area contributed by atoms with Crippen molar-refractivity contribution in [3.63, 3.8) is 0 Å². The molecule has 0 amide bonds. The molecule has 0 spiro atoms. The van der Waals surface area contributed by atoms with Gasteiger partial charge in [0.1, 0.15) is 0 Å². The number of hydrogen-bond donors (Lipinski definition) is 1. The van der Waals surface area contributed by atoms with Gasteiger partial charge in [0.05, 0.1) is 12.6 Å². The monoisotopic (exact) mass is 379 g/mol. The van der Waals surface area contributed by atoms with Crippen molar-refractivity contribution in [1.82, 2.24) is 4.90 Å². The van der Waals surface area contributed by atoms with Crippen LogP contribution in [0.3, 0.4) is 0 Å². The van der Waals surface area contributed by atoms with Crippen LogP contribution in [0.15, 0.2) is 54.6 Å². The molecule has 0 saturated heterocycles. The molecule has 0 bridgehead atoms. The molecular formula is C24H33N3O. The largest absolute Gasteiger partial charge is 0.366 e. The molecular weight excluding hydrogens is 346 g/mol. The smallest absolute Gasteiger partial charge is 0.163 e. The van der Waals surface area contributed by atoms with Crippen LogP contribution in [-0.2, 0) is 17.9 Å². The third-order valence-electron chi connectivity index (χ3n) is 5.77. The van der Waals surface area contributed by atoms with E-state index in [1.165, 1.54) is 16.8 Å². The Morgan fingerprint density at radius 2 is 1.79 bits per heavy atom. The van der Waals surface area contributed by atoms with Crippen molar-refractivity contribution < 1.29 is 4.79 Å². The average Bonchev–Trinajstić information content (AvgIpc) is 2.88. The minimum absolute atomic E-state index is 0.161. The van der Waals surface area contributed by atoms with Gasteiger partial charge in [-0.05, 0) is 29.5 Å². The lowest BCUT2D eigenvalue weighted by atomic mass is 9.97. The van der Waals surface area contributed by atoms with Gasteiger partial charge < -0.3 is 10.6 Å². The first kappa shape index (κ1) is 20.6. The molecule has 2 aromatic carbocycles. The van der Waals surface area contributed by atoms with Crippen LogP contribution in [0.4, 0.5) is 5.69 Å². The molecule has 28 heavy (non-hydrogen) atoms. The standard InChI is InChI=1S/C24H33N3O/c1-3-19(2)15-22(25)24(28)18-26-13-14-27(16-20-9-5-4-6-10-20)23-12-8-7-11-21(23)17-26/h4-12,19,22H,3,13-18,25H2,1-2H3/t19?,22-/m0/s1. The SMILES string of the molecule is CCC(C)C[C@H](N)C(=O)CN1CCN(Cc2ccccc2)c2ccccc2C1. The fraction of sp³-hybridized carbons (Fsp3) is 0.458. The quantitative estimate of drug-likeness (QED) is 0.757. The fourth-order valence-corrected chi connectivity index (χ4v) is 3.83. The van der Waals surface area contributed by atoms with E-state index < -0.39 is 0 Å². The second-order valence-corrected chi connectivity index (χ2v) is 8.07. The Morgan fingerprint density at radius 1 is 1.07 bits per heavy atom. The number of para-hydroxylation sites is 1. The summed E-state index contributed by atoms with van der Waals surface area (Å²) in [5, 5.41) is 0. The van der Waals surface area contributed by atoms with E-state index in [1.807, 2.05) is 0 Å². The number of fused-ring (bicyclic) bond motifs is 1. The zero-order chi connectivity index (χ0) is 19.9. The molecule has 1 aliphatic heterocycles. The van der Waals surface area contributed by atoms with Crippen molar-refractivity contribution in [2.24, 2.45) is 11.7 Å². The Hall–Kier alpha value is -2.17. The van der Waals surface area contributed by atoms with E-state index in [0.717, 1.165) is 39.0 Å². The molecule has 4 nitrogen and oxygen atoms in total. The fourth-order valence-electron chi connectivity index (χ4n) is 3.83. The summed E-state index contributed by atoms with van der Waals surface area (Å²) in [5.74, 6) is 0.652. The second kappa shape index (κ2) is 9.85. The van der Waals surface area contributed by atoms with E-state index in [1.54, 1.807) is 0 Å². The van der Waals surface area contributed by atoms with Crippen molar-refractivity contribution in [1.29, 1.82) is 0 Å². The first-order valence-electron chi connectivity index (χ1n) is 10.4. The van der Waals surface area contributed by atoms with Crippen molar-refractivity contribution in [3.05, 3.63) is 65.7 Å². The van der Waals surface area contributed by atoms with Crippen molar-refractivity contribution in [3.8, 4) is 0 Å². The van der Waals surface area contributed by atoms with Gasteiger partial charge in [-0.3, -0.25) is 9.69 Å². The zero-order valence-corrected chi connectivity index (χ0v) is 17.2. The molecule has 3 rings (SSSR count). The van der Waals surface area contributed by atoms with Crippen molar-refractivity contribution in [2.75, 3.05) is 24.5 Å². The number of rotatable bonds is 8. The highest BCUT2D eigenvalue weighted by Crippen LogP contribution is 2.26. The molecule has 4 heteroatoms. The minimum atomic E-state index is -0.353. The number of Topliss-reactive ketones (excluding diaryl/α,β-unsaturated/α-hetero) is 1. The molecule has 0 saturated carbocycles. The Bertz CT molecular complexity index is 761. The number of carbonyl (C=O) groups excluding carboxylic acids is 1. The van der Waals surface area contributed by atoms with Crippen molar-refractivity contribution >= 4 is 11.5 Å². The first-order chi connectivity index (χ1) is 13.6. The lowest BCUT2D eigenvalue weighted by Gasteiger charge is -2.25. The van der Waals surface area contributed by atoms with Gasteiger partial charge >= 0.3 is 0 Å². The van der Waals surface area contributed by atoms with Crippen LogP contribution >= 0.6 is 0 Å². The summed E-state index contributed by atoms with van der Waals surface area (Å²) in [4.78, 5) is 17.4. The van der Waals surface area contributed by atoms with Gasteiger partial charge in [-0.1, -0.05) is 68.8 Å². The topological polar surface area (TPSA) is 49.6 Å². The molecule has 2 N–H and O–H groups in total. The maximum Gasteiger partial charge on any atom is 0.163 e. The molecule has 0 radical (unpaired) electrons. The highest BCUT2D eigenvalue weighted by Gasteiger charge is 2.23. The second-order valence-electron chi connectivity index (χ2n) is 8.07. The molecule has 150 valence electrons. The van der Waals surface area contributed by atoms with Gasteiger partial charge in [0, 0.05) is 31.9 Å². The van der Waals surface area contributed by atoms with Gasteiger partial charge in [-0.2, -0.15) is 0 Å². The number of carbonyl (C=O) groups is 1. The van der Waals surface area contributed by atoms with Crippen LogP contribution in [0.1, 0.15) is 37.8 Å². The van der Waals surface area contributed by atoms with Crippen molar-refractivity contribution in [2.45, 2.75) is 45.8 Å². The molecule has 1 unspecified atom stereocenters. The zero-order valence-electron chi connectivity index (χ0n) is 17.2. The molecule has 0 aromatic heterocycles. The molecule has 2 aromatic rings. The van der Waals surface area contributed by atoms with E-state index in [0.29, 0.717) is 12.5 Å². The van der Waals surface area contributed by atoms with Crippen LogP contribution < -0.4 is 10.6 Å². The number of anilines is 1. The predicted octanol–water partition coefficient (Wildman–Crippen LogP) is 3.84. The lowest BCUT2D eigenvalue weighted by Crippen LogP contribution is -2.41. The summed E-state index contributed by atoms with van der Waals surface area (Å²) in [5.41, 5.74) is 10.0. The van der Waals surface area contributed by atoms with Gasteiger partial charge in [-0.25, -0.2) is 0 Å². The summed E-state index contributed by atoms with van der Waals surface area (Å²) >= 11 is 0. The number of benzene rings is 2. The summed E-state index contributed by atoms with van der Waals surface area (Å²) in [7, 11) is 0. The molecule has 0 aliphatic carbocycles. The van der Waals surface area contributed by atoms with Gasteiger partial charge in [0.15, 0.2) is 5.78 Å². The van der Waals surface area contributed by atoms with Crippen LogP contribution in [0, 0.1) is 5.92 Å². The summed E-state index contributed by atoms with van der Waals surface area (Å²) in [6.45, 7) is 8.19. The summed E-state index contributed by atoms with van der Waals surface area (Å²) in [6.07, 6.45) is 1.84. The Morgan fingerprint density at radius 3 is 2.54 bits per heavy atom. The molecule has 1 aliphatic rings. The molecule has 2 atom stereocenters. The Kier molecular flexibility index (Phi) is 7.24. The molecule has 1 heterocycles. The van der Waals surface area contributed by atoms with E-state index >= 15 is 0 Å². The van der Waals surface area contributed by atoms with E-state index in [-0.39, 0.29) is 11.8 Å². The normalized spacial score (nSPS) is 16.9. The first-order valence-corrected chi connectivity index (χ1v) is 10.4. The van der Waals surface area contributed by atoms with Gasteiger partial charge in [0.25, 0.3) is 0 Å². The predicted molar refractivity (Wildman–Crippen MR) is 116 cm³/mol. The van der Waals surface area contributed by atoms with E-state index in [4.69, 9.17) is 5.73 Å². The maximum atomic E-state index is 12.7. The average molecular weight is 380 g/mol. The highest BCUT2D eigenvalue weighted by atomic mass is 16.1. The van der Waals surface area contributed by atoms with E-state index in [9.17, 15) is 4.79 Å². The minimum Gasteiger partial charge on any atom is -0.366 e. The number of ketones is 1. The van der Waals surface area contributed by atoms with Gasteiger partial charge in [0.2, 0.25) is 0 Å². The Labute approximate surface area is 169 Å². The number of hydrogen-bond acceptors (Lipinski definition) is 4. The maximum absolute atomic E-state index is 12.7. The third-order valence-corrected chi connectivity index (χ3v) is 5.77. The summed E-state index contributed by atoms with van der Waals surface area (Å²) in [6, 6.07) is 18.8. The number of nitrogens with two attached hydrogens (primary N) is 1. The lowest BCUT2D eigenvalue weighted by molar-refractivity contribution is -0.121. The van der Waals surface area contributed by atoms with Crippen LogP contribution in [0.5, 0.6) is 0 Å². The molecule has 0 fully saturated rings. The third kappa shape index (κ3) is 5.43. The van der Waals surface area contributed by atoms with Crippen LogP contribution in [0.25, 0.3) is 0 Å². The van der Waals surface area contributed by atoms with Crippen LogP contribution in [0.2, 0.25) is 0 Å². The highest BCUT2D eigenvalue weighted by molar-refractivity contribution is 5.85. The Balaban J connectivity index is 1.69. The van der Waals surface area contributed by atoms with E-state index in [2.05, 4.69) is 78.2 Å².